The minimum absolute atomic E-state index is 0.0457. The molecule has 1 heterocycles. The molecule has 0 bridgehead atoms. The molecule has 1 N–H and O–H groups in total. The van der Waals surface area contributed by atoms with Gasteiger partial charge in [0.2, 0.25) is 0 Å². The third-order valence-corrected chi connectivity index (χ3v) is 2.79. The van der Waals surface area contributed by atoms with E-state index in [9.17, 15) is 9.90 Å². The summed E-state index contributed by atoms with van der Waals surface area (Å²) in [5, 5.41) is 9.25. The number of aromatic nitrogens is 1. The molecule has 0 aliphatic carbocycles. The number of Topliss-reactive ketones (excluding diaryl/α,β-unsaturated/α-hetero) is 1. The molecule has 1 aromatic heterocycles. The molecule has 1 aromatic rings. The summed E-state index contributed by atoms with van der Waals surface area (Å²) in [5.41, 5.74) is 0.988. The predicted molar refractivity (Wildman–Crippen MR) is 63.8 cm³/mol. The van der Waals surface area contributed by atoms with Gasteiger partial charge in [0.25, 0.3) is 0 Å². The van der Waals surface area contributed by atoms with Gasteiger partial charge in [-0.1, -0.05) is 0 Å². The van der Waals surface area contributed by atoms with Crippen molar-refractivity contribution < 1.29 is 9.90 Å². The summed E-state index contributed by atoms with van der Waals surface area (Å²) in [4.78, 5) is 17.1. The zero-order chi connectivity index (χ0) is 12.3. The molecule has 0 amide bonds. The molecule has 1 rings (SSSR count). The van der Waals surface area contributed by atoms with Gasteiger partial charge in [-0.15, -0.1) is 0 Å². The largest absolute Gasteiger partial charge is 0.394 e. The molecule has 4 nitrogen and oxygen atoms in total. The average Bonchev–Trinajstić information content (AvgIpc) is 2.28. The predicted octanol–water partition coefficient (Wildman–Crippen LogP) is 1.49. The van der Waals surface area contributed by atoms with Crippen molar-refractivity contribution in [2.24, 2.45) is 0 Å². The Morgan fingerprint density at radius 1 is 1.50 bits per heavy atom. The van der Waals surface area contributed by atoms with Crippen LogP contribution in [-0.2, 0) is 0 Å². The maximum Gasteiger partial charge on any atom is 0.178 e. The van der Waals surface area contributed by atoms with Gasteiger partial charge in [0.05, 0.1) is 24.0 Å². The van der Waals surface area contributed by atoms with Gasteiger partial charge in [-0.3, -0.25) is 9.78 Å². The van der Waals surface area contributed by atoms with Crippen LogP contribution in [-0.4, -0.2) is 35.1 Å². The fourth-order valence-corrected chi connectivity index (χ4v) is 1.25. The summed E-state index contributed by atoms with van der Waals surface area (Å²) < 4.78 is 0. The van der Waals surface area contributed by atoms with Crippen molar-refractivity contribution in [2.45, 2.75) is 26.3 Å². The molecule has 0 saturated heterocycles. The third kappa shape index (κ3) is 2.58. The fraction of sp³-hybridized carbons (Fsp3) is 0.500. The van der Waals surface area contributed by atoms with Crippen LogP contribution >= 0.6 is 0 Å². The number of carbonyl (C=O) groups is 1. The molecule has 0 aliphatic rings. The second-order valence-corrected chi connectivity index (χ2v) is 4.49. The monoisotopic (exact) mass is 222 g/mol. The molecule has 4 heteroatoms. The van der Waals surface area contributed by atoms with E-state index in [-0.39, 0.29) is 17.9 Å². The molecule has 0 aromatic carbocycles. The number of likely N-dealkylation sites (N-methyl/N-ethyl adjacent to an activating group) is 1. The summed E-state index contributed by atoms with van der Waals surface area (Å²) in [6.45, 7) is 5.42. The Bertz CT molecular complexity index is 371. The Kier molecular flexibility index (Phi) is 3.65. The Balaban J connectivity index is 2.94. The second kappa shape index (κ2) is 4.61. The van der Waals surface area contributed by atoms with Gasteiger partial charge in [-0.05, 0) is 26.0 Å². The second-order valence-electron chi connectivity index (χ2n) is 4.49. The molecule has 0 saturated carbocycles. The third-order valence-electron chi connectivity index (χ3n) is 2.79. The Hall–Kier alpha value is -1.42. The van der Waals surface area contributed by atoms with E-state index < -0.39 is 0 Å². The lowest BCUT2D eigenvalue weighted by Gasteiger charge is -2.35. The van der Waals surface area contributed by atoms with Crippen LogP contribution in [0, 0.1) is 0 Å². The van der Waals surface area contributed by atoms with Crippen LogP contribution < -0.4 is 4.90 Å². The van der Waals surface area contributed by atoms with Crippen molar-refractivity contribution in [1.82, 2.24) is 4.98 Å². The molecule has 88 valence electrons. The van der Waals surface area contributed by atoms with Gasteiger partial charge in [-0.2, -0.15) is 0 Å². The van der Waals surface area contributed by atoms with Crippen molar-refractivity contribution in [3.8, 4) is 0 Å². The summed E-state index contributed by atoms with van der Waals surface area (Å²) >= 11 is 0. The van der Waals surface area contributed by atoms with E-state index >= 15 is 0 Å². The van der Waals surface area contributed by atoms with Gasteiger partial charge < -0.3 is 10.0 Å². The number of nitrogens with zero attached hydrogens (tertiary/aromatic N) is 2. The number of hydrogen-bond acceptors (Lipinski definition) is 4. The summed E-state index contributed by atoms with van der Waals surface area (Å²) in [6, 6.07) is 3.53. The lowest BCUT2D eigenvalue weighted by Crippen LogP contribution is -2.44. The number of aliphatic hydroxyl groups is 1. The van der Waals surface area contributed by atoms with Crippen molar-refractivity contribution in [1.29, 1.82) is 0 Å². The normalized spacial score (nSPS) is 11.3. The summed E-state index contributed by atoms with van der Waals surface area (Å²) in [6.07, 6.45) is 1.65. The molecule has 0 fully saturated rings. The van der Waals surface area contributed by atoms with Gasteiger partial charge in [0.15, 0.2) is 5.78 Å². The molecule has 16 heavy (non-hydrogen) atoms. The highest BCUT2D eigenvalue weighted by atomic mass is 16.3. The van der Waals surface area contributed by atoms with Gasteiger partial charge in [0, 0.05) is 14.0 Å². The van der Waals surface area contributed by atoms with Gasteiger partial charge in [0.1, 0.15) is 5.69 Å². The van der Waals surface area contributed by atoms with Crippen molar-refractivity contribution in [2.75, 3.05) is 18.6 Å². The van der Waals surface area contributed by atoms with Crippen molar-refractivity contribution >= 4 is 11.5 Å². The Morgan fingerprint density at radius 3 is 2.50 bits per heavy atom. The highest BCUT2D eigenvalue weighted by Gasteiger charge is 2.22. The first-order valence-electron chi connectivity index (χ1n) is 5.20. The number of pyridine rings is 1. The quantitative estimate of drug-likeness (QED) is 0.784. The van der Waals surface area contributed by atoms with Gasteiger partial charge >= 0.3 is 0 Å². The average molecular weight is 222 g/mol. The molecular weight excluding hydrogens is 204 g/mol. The van der Waals surface area contributed by atoms with E-state index in [2.05, 4.69) is 4.98 Å². The van der Waals surface area contributed by atoms with Crippen LogP contribution in [0.2, 0.25) is 0 Å². The van der Waals surface area contributed by atoms with E-state index in [1.54, 1.807) is 12.3 Å². The first-order chi connectivity index (χ1) is 7.38. The maximum atomic E-state index is 11.1. The van der Waals surface area contributed by atoms with Crippen LogP contribution in [0.3, 0.4) is 0 Å². The summed E-state index contributed by atoms with van der Waals surface area (Å²) in [7, 11) is 1.89. The number of hydrogen-bond donors (Lipinski definition) is 1. The van der Waals surface area contributed by atoms with E-state index in [0.29, 0.717) is 5.69 Å². The number of ketones is 1. The molecule has 0 radical (unpaired) electrons. The SMILES string of the molecule is CC(=O)c1ccc(N(C)C(C)(C)CO)cn1. The van der Waals surface area contributed by atoms with Crippen LogP contribution in [0.15, 0.2) is 18.3 Å². The first kappa shape index (κ1) is 12.6. The highest BCUT2D eigenvalue weighted by molar-refractivity contribution is 5.92. The minimum Gasteiger partial charge on any atom is -0.394 e. The van der Waals surface area contributed by atoms with Crippen LogP contribution in [0.5, 0.6) is 0 Å². The summed E-state index contributed by atoms with van der Waals surface area (Å²) in [5.74, 6) is -0.0457. The first-order valence-corrected chi connectivity index (χ1v) is 5.20. The number of rotatable bonds is 4. The highest BCUT2D eigenvalue weighted by Crippen LogP contribution is 2.20. The van der Waals surface area contributed by atoms with E-state index in [1.807, 2.05) is 31.9 Å². The zero-order valence-corrected chi connectivity index (χ0v) is 10.2. The van der Waals surface area contributed by atoms with E-state index in [1.165, 1.54) is 6.92 Å². The molecular formula is C12H18N2O2. The minimum atomic E-state index is -0.348. The van der Waals surface area contributed by atoms with E-state index in [4.69, 9.17) is 0 Å². The van der Waals surface area contributed by atoms with Crippen molar-refractivity contribution in [3.63, 3.8) is 0 Å². The lowest BCUT2D eigenvalue weighted by molar-refractivity contribution is 0.101. The molecule has 0 spiro atoms. The van der Waals surface area contributed by atoms with Crippen molar-refractivity contribution in [3.05, 3.63) is 24.0 Å². The molecule has 0 atom stereocenters. The number of aliphatic hydroxyl groups excluding tert-OH is 1. The zero-order valence-electron chi connectivity index (χ0n) is 10.2. The van der Waals surface area contributed by atoms with Crippen LogP contribution in [0.1, 0.15) is 31.3 Å². The Morgan fingerprint density at radius 2 is 2.12 bits per heavy atom. The van der Waals surface area contributed by atoms with Gasteiger partial charge in [-0.25, -0.2) is 0 Å². The number of anilines is 1. The van der Waals surface area contributed by atoms with Crippen LogP contribution in [0.25, 0.3) is 0 Å². The fourth-order valence-electron chi connectivity index (χ4n) is 1.25. The Labute approximate surface area is 95.9 Å². The van der Waals surface area contributed by atoms with Crippen LogP contribution in [0.4, 0.5) is 5.69 Å². The topological polar surface area (TPSA) is 53.4 Å². The standard InChI is InChI=1S/C12H18N2O2/c1-9(16)11-6-5-10(7-13-11)14(4)12(2,3)8-15/h5-7,15H,8H2,1-4H3. The molecule has 0 aliphatic heterocycles. The lowest BCUT2D eigenvalue weighted by atomic mass is 10.0. The maximum absolute atomic E-state index is 11.1. The number of carbonyl (C=O) groups excluding carboxylic acids is 1. The van der Waals surface area contributed by atoms with E-state index in [0.717, 1.165) is 5.69 Å². The smallest absolute Gasteiger partial charge is 0.178 e. The molecule has 0 unspecified atom stereocenters.